The second-order valence-electron chi connectivity index (χ2n) is 5.44. The lowest BCUT2D eigenvalue weighted by Gasteiger charge is -2.25. The zero-order valence-electron chi connectivity index (χ0n) is 11.8. The maximum atomic E-state index is 13.7. The van der Waals surface area contributed by atoms with Crippen LogP contribution in [0.15, 0.2) is 59.8 Å². The van der Waals surface area contributed by atoms with Crippen molar-refractivity contribution < 1.29 is 8.78 Å². The number of nitrogens with zero attached hydrogens (tertiary/aromatic N) is 2. The molecule has 0 saturated heterocycles. The van der Waals surface area contributed by atoms with Crippen LogP contribution in [0.5, 0.6) is 0 Å². The van der Waals surface area contributed by atoms with Crippen molar-refractivity contribution in [2.45, 2.75) is 0 Å². The highest BCUT2D eigenvalue weighted by Gasteiger charge is 2.32. The van der Waals surface area contributed by atoms with Crippen molar-refractivity contribution in [1.82, 2.24) is 9.29 Å². The lowest BCUT2D eigenvalue weighted by molar-refractivity contribution is 0.533. The van der Waals surface area contributed by atoms with Crippen molar-refractivity contribution >= 4 is 25.8 Å². The van der Waals surface area contributed by atoms with Crippen molar-refractivity contribution in [2.75, 3.05) is 6.54 Å². The van der Waals surface area contributed by atoms with E-state index in [9.17, 15) is 8.78 Å². The number of allylic oxidation sites excluding steroid dienone is 1. The Bertz CT molecular complexity index is 818. The predicted molar refractivity (Wildman–Crippen MR) is 86.3 cm³/mol. The van der Waals surface area contributed by atoms with Crippen LogP contribution < -0.4 is 0 Å². The fraction of sp³-hybridized carbons (Fsp3) is 0.0588. The van der Waals surface area contributed by atoms with Gasteiger partial charge in [-0.1, -0.05) is 36.4 Å². The molecule has 0 unspecified atom stereocenters. The molecule has 3 heterocycles. The van der Waals surface area contributed by atoms with Gasteiger partial charge in [-0.05, 0) is 29.8 Å². The van der Waals surface area contributed by atoms with E-state index in [1.165, 1.54) is 0 Å². The van der Waals surface area contributed by atoms with Gasteiger partial charge in [0.1, 0.15) is 0 Å². The standard InChI is InChI=1S/C17H13BF2N2/c19-15-11-21-16(17(15)20)10-14-9-8-13(22(14)18-21)7-6-12-4-2-1-3-5-12/h1-10,18H,11H2. The molecule has 1 aromatic carbocycles. The largest absolute Gasteiger partial charge is 0.390 e. The Labute approximate surface area is 128 Å². The lowest BCUT2D eigenvalue weighted by Crippen LogP contribution is -2.34. The molecule has 108 valence electrons. The minimum absolute atomic E-state index is 0.0110. The van der Waals surface area contributed by atoms with Crippen molar-refractivity contribution in [3.8, 4) is 0 Å². The molecule has 0 aliphatic carbocycles. The molecule has 0 bridgehead atoms. The number of halogens is 2. The first-order valence-corrected chi connectivity index (χ1v) is 7.16. The summed E-state index contributed by atoms with van der Waals surface area (Å²) in [5, 5.41) is 0. The second-order valence-corrected chi connectivity index (χ2v) is 5.44. The number of aromatic nitrogens is 1. The van der Waals surface area contributed by atoms with Crippen molar-refractivity contribution in [2.24, 2.45) is 0 Å². The zero-order valence-corrected chi connectivity index (χ0v) is 11.8. The summed E-state index contributed by atoms with van der Waals surface area (Å²) in [6.07, 6.45) is 5.75. The third-order valence-electron chi connectivity index (χ3n) is 4.02. The van der Waals surface area contributed by atoms with Gasteiger partial charge in [-0.25, -0.2) is 8.78 Å². The fourth-order valence-corrected chi connectivity index (χ4v) is 2.87. The predicted octanol–water partition coefficient (Wildman–Crippen LogP) is 3.59. The molecule has 0 atom stereocenters. The minimum atomic E-state index is -0.728. The smallest absolute Gasteiger partial charge is 0.361 e. The molecule has 2 aliphatic heterocycles. The molecule has 1 aromatic heterocycles. The monoisotopic (exact) mass is 294 g/mol. The van der Waals surface area contributed by atoms with Crippen molar-refractivity contribution in [1.29, 1.82) is 0 Å². The molecule has 5 heteroatoms. The van der Waals surface area contributed by atoms with Gasteiger partial charge in [-0.15, -0.1) is 0 Å². The first-order chi connectivity index (χ1) is 10.7. The summed E-state index contributed by atoms with van der Waals surface area (Å²) >= 11 is 0. The van der Waals surface area contributed by atoms with Gasteiger partial charge < -0.3 is 9.29 Å². The van der Waals surface area contributed by atoms with E-state index in [0.717, 1.165) is 17.0 Å². The maximum absolute atomic E-state index is 13.7. The molecule has 0 amide bonds. The summed E-state index contributed by atoms with van der Waals surface area (Å²) < 4.78 is 29.2. The number of hydrogen-bond donors (Lipinski definition) is 0. The van der Waals surface area contributed by atoms with E-state index >= 15 is 0 Å². The first kappa shape index (κ1) is 13.1. The average molecular weight is 294 g/mol. The van der Waals surface area contributed by atoms with Gasteiger partial charge in [0, 0.05) is 11.4 Å². The number of rotatable bonds is 2. The summed E-state index contributed by atoms with van der Waals surface area (Å²) in [4.78, 5) is 1.71. The third-order valence-corrected chi connectivity index (χ3v) is 4.02. The van der Waals surface area contributed by atoms with Crippen LogP contribution >= 0.6 is 0 Å². The number of hydrogen-bond acceptors (Lipinski definition) is 1. The highest BCUT2D eigenvalue weighted by molar-refractivity contribution is 6.33. The van der Waals surface area contributed by atoms with E-state index in [1.807, 2.05) is 54.6 Å². The topological polar surface area (TPSA) is 8.17 Å². The summed E-state index contributed by atoms with van der Waals surface area (Å²) in [7, 11) is 0.462. The highest BCUT2D eigenvalue weighted by Crippen LogP contribution is 2.34. The van der Waals surface area contributed by atoms with E-state index in [4.69, 9.17) is 0 Å². The average Bonchev–Trinajstić information content (AvgIpc) is 3.06. The Morgan fingerprint density at radius 1 is 1.00 bits per heavy atom. The Morgan fingerprint density at radius 3 is 2.64 bits per heavy atom. The van der Waals surface area contributed by atoms with Gasteiger partial charge in [0.2, 0.25) is 0 Å². The molecule has 22 heavy (non-hydrogen) atoms. The van der Waals surface area contributed by atoms with E-state index < -0.39 is 11.7 Å². The summed E-state index contributed by atoms with van der Waals surface area (Å²) in [6, 6.07) is 13.9. The third kappa shape index (κ3) is 2.10. The van der Waals surface area contributed by atoms with Gasteiger partial charge in [0.05, 0.1) is 12.2 Å². The normalized spacial score (nSPS) is 16.6. The highest BCUT2D eigenvalue weighted by atomic mass is 19.2. The quantitative estimate of drug-likeness (QED) is 0.768. The van der Waals surface area contributed by atoms with Crippen LogP contribution in [-0.2, 0) is 0 Å². The summed E-state index contributed by atoms with van der Waals surface area (Å²) in [5.41, 5.74) is 3.37. The van der Waals surface area contributed by atoms with Gasteiger partial charge in [0.15, 0.2) is 11.7 Å². The Morgan fingerprint density at radius 2 is 1.82 bits per heavy atom. The lowest BCUT2D eigenvalue weighted by atomic mass is 10.0. The fourth-order valence-electron chi connectivity index (χ4n) is 2.87. The minimum Gasteiger partial charge on any atom is -0.390 e. The second kappa shape index (κ2) is 5.02. The van der Waals surface area contributed by atoms with E-state index in [0.29, 0.717) is 13.2 Å². The van der Waals surface area contributed by atoms with Crippen molar-refractivity contribution in [3.63, 3.8) is 0 Å². The van der Waals surface area contributed by atoms with E-state index in [1.54, 1.807) is 10.9 Å². The Hall–Kier alpha value is -2.56. The van der Waals surface area contributed by atoms with Crippen LogP contribution in [0, 0.1) is 0 Å². The Kier molecular flexibility index (Phi) is 3.00. The summed E-state index contributed by atoms with van der Waals surface area (Å²) in [5.74, 6) is -1.41. The molecular formula is C17H13BF2N2. The van der Waals surface area contributed by atoms with E-state index in [-0.39, 0.29) is 6.54 Å². The van der Waals surface area contributed by atoms with Crippen LogP contribution in [0.3, 0.4) is 0 Å². The van der Waals surface area contributed by atoms with Gasteiger partial charge in [0.25, 0.3) is 0 Å². The molecule has 2 aliphatic rings. The van der Waals surface area contributed by atoms with E-state index in [2.05, 4.69) is 4.48 Å². The van der Waals surface area contributed by atoms with Gasteiger partial charge in [-0.2, -0.15) is 0 Å². The first-order valence-electron chi connectivity index (χ1n) is 7.16. The van der Waals surface area contributed by atoms with Crippen LogP contribution in [0.1, 0.15) is 17.0 Å². The molecular weight excluding hydrogens is 281 g/mol. The van der Waals surface area contributed by atoms with Crippen molar-refractivity contribution in [3.05, 3.63) is 76.8 Å². The Balaban J connectivity index is 1.66. The van der Waals surface area contributed by atoms with Crippen LogP contribution in [-0.4, -0.2) is 23.4 Å². The van der Waals surface area contributed by atoms with Crippen LogP contribution in [0.2, 0.25) is 0 Å². The number of benzene rings is 1. The molecule has 0 fully saturated rings. The summed E-state index contributed by atoms with van der Waals surface area (Å²) in [6.45, 7) is 0.0110. The molecule has 0 radical (unpaired) electrons. The molecule has 2 aromatic rings. The van der Waals surface area contributed by atoms with Crippen LogP contribution in [0.4, 0.5) is 8.78 Å². The number of fused-ring (bicyclic) bond motifs is 2. The maximum Gasteiger partial charge on any atom is 0.361 e. The molecule has 0 N–H and O–H groups in total. The molecule has 2 nitrogen and oxygen atoms in total. The zero-order chi connectivity index (χ0) is 15.1. The van der Waals surface area contributed by atoms with Crippen LogP contribution in [0.25, 0.3) is 18.2 Å². The SMILES string of the molecule is FC1=C(F)C2=Cc3ccc(C=Cc4ccccc4)n3BN2C1. The van der Waals surface area contributed by atoms with Gasteiger partial charge >= 0.3 is 7.55 Å². The van der Waals surface area contributed by atoms with Gasteiger partial charge in [-0.3, -0.25) is 0 Å². The molecule has 0 spiro atoms. The molecule has 4 rings (SSSR count). The molecule has 0 saturated carbocycles.